The van der Waals surface area contributed by atoms with Crippen LogP contribution in [0.4, 0.5) is 8.78 Å². The minimum absolute atomic E-state index is 0.153. The molecule has 1 aliphatic heterocycles. The van der Waals surface area contributed by atoms with Crippen molar-refractivity contribution in [2.24, 2.45) is 7.05 Å². The summed E-state index contributed by atoms with van der Waals surface area (Å²) in [6.45, 7) is 0.00750. The lowest BCUT2D eigenvalue weighted by molar-refractivity contribution is 0.0763. The number of nitrogens with zero attached hydrogens (tertiary/aromatic N) is 4. The van der Waals surface area contributed by atoms with Gasteiger partial charge in [-0.25, -0.2) is 8.78 Å². The Labute approximate surface area is 176 Å². The zero-order valence-electron chi connectivity index (χ0n) is 16.9. The van der Waals surface area contributed by atoms with Gasteiger partial charge in [0, 0.05) is 24.2 Å². The molecule has 0 saturated heterocycles. The number of fused-ring (bicyclic) bond motifs is 2. The second kappa shape index (κ2) is 7.16. The van der Waals surface area contributed by atoms with Crippen molar-refractivity contribution in [1.82, 2.24) is 19.7 Å². The number of halogens is 2. The summed E-state index contributed by atoms with van der Waals surface area (Å²) in [5.41, 5.74) is 2.72. The third-order valence-electron chi connectivity index (χ3n) is 5.48. The molecule has 0 unspecified atom stereocenters. The molecule has 3 heterocycles. The first-order chi connectivity index (χ1) is 14.9. The van der Waals surface area contributed by atoms with Gasteiger partial charge in [-0.05, 0) is 41.5 Å². The number of hydrogen-bond donors (Lipinski definition) is 0. The van der Waals surface area contributed by atoms with Gasteiger partial charge in [-0.2, -0.15) is 5.10 Å². The summed E-state index contributed by atoms with van der Waals surface area (Å²) >= 11 is 0. The van der Waals surface area contributed by atoms with E-state index in [-0.39, 0.29) is 24.6 Å². The van der Waals surface area contributed by atoms with E-state index < -0.39 is 11.6 Å². The van der Waals surface area contributed by atoms with E-state index in [2.05, 4.69) is 10.1 Å². The van der Waals surface area contributed by atoms with E-state index in [1.807, 2.05) is 25.4 Å². The maximum Gasteiger partial charge on any atom is 0.256 e. The van der Waals surface area contributed by atoms with Crippen LogP contribution in [-0.2, 0) is 20.1 Å². The molecule has 0 N–H and O–H groups in total. The predicted molar refractivity (Wildman–Crippen MR) is 110 cm³/mol. The van der Waals surface area contributed by atoms with E-state index in [0.717, 1.165) is 10.9 Å². The number of benzene rings is 2. The molecule has 2 aromatic heterocycles. The number of aryl methyl sites for hydroxylation is 1. The highest BCUT2D eigenvalue weighted by Crippen LogP contribution is 2.30. The Hall–Kier alpha value is -3.81. The molecule has 0 radical (unpaired) electrons. The van der Waals surface area contributed by atoms with Gasteiger partial charge >= 0.3 is 0 Å². The van der Waals surface area contributed by atoms with Gasteiger partial charge in [-0.15, -0.1) is 0 Å². The highest BCUT2D eigenvalue weighted by molar-refractivity contribution is 5.98. The smallest absolute Gasteiger partial charge is 0.256 e. The lowest BCUT2D eigenvalue weighted by Gasteiger charge is -2.17. The minimum Gasteiger partial charge on any atom is -0.495 e. The molecule has 0 spiro atoms. The van der Waals surface area contributed by atoms with Crippen molar-refractivity contribution in [2.75, 3.05) is 7.11 Å². The fourth-order valence-corrected chi connectivity index (χ4v) is 3.89. The summed E-state index contributed by atoms with van der Waals surface area (Å²) in [6, 6.07) is 9.62. The standard InChI is InChI=1S/C23H18F2N4O2/c1-28-10-15-5-13(3-4-21(15)27-28)14-6-19(24)18(20(25)7-14)11-29-12-22-17(23(29)30)8-16(31-2)9-26-22/h3-10H,11-12H2,1-2H3. The molecule has 5 rings (SSSR count). The van der Waals surface area contributed by atoms with Crippen LogP contribution < -0.4 is 4.74 Å². The van der Waals surface area contributed by atoms with E-state index in [0.29, 0.717) is 28.1 Å². The Kier molecular flexibility index (Phi) is 4.43. The monoisotopic (exact) mass is 420 g/mol. The fraction of sp³-hybridized carbons (Fsp3) is 0.174. The molecular formula is C23H18F2N4O2. The summed E-state index contributed by atoms with van der Waals surface area (Å²) in [5, 5.41) is 5.19. The maximum absolute atomic E-state index is 14.9. The molecule has 2 aromatic carbocycles. The molecule has 0 bridgehead atoms. The largest absolute Gasteiger partial charge is 0.495 e. The first-order valence-corrected chi connectivity index (χ1v) is 9.67. The number of ether oxygens (including phenoxy) is 1. The van der Waals surface area contributed by atoms with E-state index in [1.165, 1.54) is 30.3 Å². The molecule has 0 fully saturated rings. The zero-order chi connectivity index (χ0) is 21.7. The SMILES string of the molecule is COc1cnc2c(c1)C(=O)N(Cc1c(F)cc(-c3ccc4nn(C)cc4c3)cc1F)C2. The van der Waals surface area contributed by atoms with E-state index in [4.69, 9.17) is 4.74 Å². The molecule has 1 amide bonds. The van der Waals surface area contributed by atoms with Crippen LogP contribution in [0.25, 0.3) is 22.0 Å². The van der Waals surface area contributed by atoms with Gasteiger partial charge in [0.25, 0.3) is 5.91 Å². The Balaban J connectivity index is 1.44. The maximum atomic E-state index is 14.9. The number of carbonyl (C=O) groups is 1. The number of aromatic nitrogens is 3. The van der Waals surface area contributed by atoms with Crippen LogP contribution in [0.2, 0.25) is 0 Å². The average molecular weight is 420 g/mol. The molecule has 0 saturated carbocycles. The lowest BCUT2D eigenvalue weighted by atomic mass is 10.0. The number of rotatable bonds is 4. The molecule has 0 atom stereocenters. The minimum atomic E-state index is -0.699. The van der Waals surface area contributed by atoms with Gasteiger partial charge in [0.05, 0.1) is 43.2 Å². The van der Waals surface area contributed by atoms with Crippen molar-refractivity contribution >= 4 is 16.8 Å². The van der Waals surface area contributed by atoms with Gasteiger partial charge in [0.15, 0.2) is 0 Å². The number of amides is 1. The number of carbonyl (C=O) groups excluding carboxylic acids is 1. The van der Waals surface area contributed by atoms with Crippen molar-refractivity contribution in [3.8, 4) is 16.9 Å². The van der Waals surface area contributed by atoms with E-state index >= 15 is 0 Å². The normalized spacial score (nSPS) is 13.2. The van der Waals surface area contributed by atoms with Crippen LogP contribution in [0, 0.1) is 11.6 Å². The Morgan fingerprint density at radius 3 is 2.61 bits per heavy atom. The van der Waals surface area contributed by atoms with Gasteiger partial charge in [-0.1, -0.05) is 6.07 Å². The number of hydrogen-bond acceptors (Lipinski definition) is 4. The van der Waals surface area contributed by atoms with Gasteiger partial charge < -0.3 is 9.64 Å². The molecule has 31 heavy (non-hydrogen) atoms. The predicted octanol–water partition coefficient (Wildman–Crippen LogP) is 4.08. The lowest BCUT2D eigenvalue weighted by Crippen LogP contribution is -2.24. The molecular weight excluding hydrogens is 402 g/mol. The highest BCUT2D eigenvalue weighted by Gasteiger charge is 2.30. The first-order valence-electron chi connectivity index (χ1n) is 9.67. The highest BCUT2D eigenvalue weighted by atomic mass is 19.1. The van der Waals surface area contributed by atoms with Crippen LogP contribution >= 0.6 is 0 Å². The third kappa shape index (κ3) is 3.30. The Morgan fingerprint density at radius 2 is 1.87 bits per heavy atom. The fourth-order valence-electron chi connectivity index (χ4n) is 3.89. The first kappa shape index (κ1) is 19.2. The van der Waals surface area contributed by atoms with Gasteiger partial charge in [-0.3, -0.25) is 14.5 Å². The van der Waals surface area contributed by atoms with Crippen molar-refractivity contribution in [3.05, 3.63) is 77.2 Å². The van der Waals surface area contributed by atoms with Crippen molar-refractivity contribution < 1.29 is 18.3 Å². The van der Waals surface area contributed by atoms with Crippen molar-refractivity contribution in [2.45, 2.75) is 13.1 Å². The van der Waals surface area contributed by atoms with Crippen LogP contribution in [0.15, 0.2) is 48.8 Å². The van der Waals surface area contributed by atoms with Crippen LogP contribution in [0.1, 0.15) is 21.6 Å². The van der Waals surface area contributed by atoms with Crippen molar-refractivity contribution in [3.63, 3.8) is 0 Å². The topological polar surface area (TPSA) is 60.2 Å². The number of pyridine rings is 1. The second-order valence-electron chi connectivity index (χ2n) is 7.53. The molecule has 6 nitrogen and oxygen atoms in total. The summed E-state index contributed by atoms with van der Waals surface area (Å²) in [4.78, 5) is 18.3. The second-order valence-corrected chi connectivity index (χ2v) is 7.53. The van der Waals surface area contributed by atoms with Crippen LogP contribution in [-0.4, -0.2) is 32.7 Å². The summed E-state index contributed by atoms with van der Waals surface area (Å²) in [6.07, 6.45) is 3.37. The summed E-state index contributed by atoms with van der Waals surface area (Å²) in [7, 11) is 3.30. The zero-order valence-corrected chi connectivity index (χ0v) is 16.9. The molecule has 1 aliphatic rings. The average Bonchev–Trinajstić information content (AvgIpc) is 3.28. The molecule has 0 aliphatic carbocycles. The summed E-state index contributed by atoms with van der Waals surface area (Å²) < 4.78 is 36.6. The van der Waals surface area contributed by atoms with Crippen LogP contribution in [0.3, 0.4) is 0 Å². The van der Waals surface area contributed by atoms with Crippen LogP contribution in [0.5, 0.6) is 5.75 Å². The van der Waals surface area contributed by atoms with E-state index in [1.54, 1.807) is 16.8 Å². The number of methoxy groups -OCH3 is 1. The van der Waals surface area contributed by atoms with Gasteiger partial charge in [0.1, 0.15) is 17.4 Å². The summed E-state index contributed by atoms with van der Waals surface area (Å²) in [5.74, 6) is -1.27. The quantitative estimate of drug-likeness (QED) is 0.499. The molecule has 156 valence electrons. The third-order valence-corrected chi connectivity index (χ3v) is 5.48. The molecule has 8 heteroatoms. The van der Waals surface area contributed by atoms with Gasteiger partial charge in [0.2, 0.25) is 0 Å². The van der Waals surface area contributed by atoms with Crippen molar-refractivity contribution in [1.29, 1.82) is 0 Å². The Morgan fingerprint density at radius 1 is 1.10 bits per heavy atom. The Bertz CT molecular complexity index is 1330. The molecule has 4 aromatic rings. The van der Waals surface area contributed by atoms with E-state index in [9.17, 15) is 13.6 Å².